The van der Waals surface area contributed by atoms with Crippen molar-refractivity contribution in [2.24, 2.45) is 16.2 Å². The number of alkyl halides is 3. The Balaban J connectivity index is 1.99. The smallest absolute Gasteiger partial charge is 0.435 e. The maximum Gasteiger partial charge on any atom is 0.435 e. The van der Waals surface area contributed by atoms with Crippen molar-refractivity contribution in [1.29, 1.82) is 0 Å². The van der Waals surface area contributed by atoms with Gasteiger partial charge in [-0.25, -0.2) is 13.6 Å². The van der Waals surface area contributed by atoms with Crippen molar-refractivity contribution in [2.45, 2.75) is 24.9 Å². The summed E-state index contributed by atoms with van der Waals surface area (Å²) in [4.78, 5) is 12.6. The SMILES string of the molecule is COc1cc(C=C2C(=O)N(c3ccc(S(N)(=O)=O)cc3)N=C2C(F)(F)F)ccc1OCC(C)C. The zero-order valence-electron chi connectivity index (χ0n) is 18.5. The van der Waals surface area contributed by atoms with Crippen molar-refractivity contribution < 1.29 is 35.9 Å². The predicted octanol–water partition coefficient (Wildman–Crippen LogP) is 3.73. The van der Waals surface area contributed by atoms with Crippen LogP contribution in [0.1, 0.15) is 19.4 Å². The molecule has 0 atom stereocenters. The number of halogens is 3. The Morgan fingerprint density at radius 1 is 1.12 bits per heavy atom. The summed E-state index contributed by atoms with van der Waals surface area (Å²) in [5.41, 5.74) is -1.86. The van der Waals surface area contributed by atoms with Gasteiger partial charge in [0.05, 0.1) is 29.9 Å². The summed E-state index contributed by atoms with van der Waals surface area (Å²) in [6, 6.07) is 8.92. The number of amides is 1. The number of hydrogen-bond donors (Lipinski definition) is 1. The zero-order valence-corrected chi connectivity index (χ0v) is 19.3. The first kappa shape index (κ1) is 25.2. The molecule has 34 heavy (non-hydrogen) atoms. The minimum atomic E-state index is -4.92. The lowest BCUT2D eigenvalue weighted by atomic mass is 10.1. The molecular formula is C22H22F3N3O5S. The molecule has 1 aliphatic heterocycles. The molecule has 0 bridgehead atoms. The van der Waals surface area contributed by atoms with E-state index >= 15 is 0 Å². The first-order chi connectivity index (χ1) is 15.8. The normalized spacial score (nSPS) is 15.8. The minimum absolute atomic E-state index is 0.0578. The maximum absolute atomic E-state index is 13.7. The van der Waals surface area contributed by atoms with Gasteiger partial charge in [-0.05, 0) is 54.0 Å². The van der Waals surface area contributed by atoms with Crippen LogP contribution in [0, 0.1) is 5.92 Å². The Morgan fingerprint density at radius 3 is 2.29 bits per heavy atom. The number of benzene rings is 2. The molecule has 0 fully saturated rings. The fourth-order valence-corrected chi connectivity index (χ4v) is 3.54. The van der Waals surface area contributed by atoms with Gasteiger partial charge >= 0.3 is 6.18 Å². The molecule has 8 nitrogen and oxygen atoms in total. The quantitative estimate of drug-likeness (QED) is 0.586. The van der Waals surface area contributed by atoms with Gasteiger partial charge in [-0.3, -0.25) is 4.79 Å². The van der Waals surface area contributed by atoms with Gasteiger partial charge in [0, 0.05) is 0 Å². The van der Waals surface area contributed by atoms with Gasteiger partial charge in [0.25, 0.3) is 5.91 Å². The van der Waals surface area contributed by atoms with Crippen molar-refractivity contribution in [3.8, 4) is 11.5 Å². The third-order valence-corrected chi connectivity index (χ3v) is 5.56. The van der Waals surface area contributed by atoms with Crippen molar-refractivity contribution >= 4 is 33.4 Å². The van der Waals surface area contributed by atoms with Crippen molar-refractivity contribution in [1.82, 2.24) is 0 Å². The molecule has 1 amide bonds. The highest BCUT2D eigenvalue weighted by atomic mass is 32.2. The molecule has 1 heterocycles. The first-order valence-corrected chi connectivity index (χ1v) is 11.5. The van der Waals surface area contributed by atoms with E-state index in [-0.39, 0.29) is 22.1 Å². The molecule has 182 valence electrons. The first-order valence-electron chi connectivity index (χ1n) is 9.97. The van der Waals surface area contributed by atoms with E-state index < -0.39 is 33.4 Å². The summed E-state index contributed by atoms with van der Waals surface area (Å²) < 4.78 is 74.8. The van der Waals surface area contributed by atoms with Gasteiger partial charge < -0.3 is 9.47 Å². The molecule has 2 aromatic rings. The lowest BCUT2D eigenvalue weighted by Gasteiger charge is -2.13. The van der Waals surface area contributed by atoms with Crippen LogP contribution in [0.4, 0.5) is 18.9 Å². The number of carbonyl (C=O) groups excluding carboxylic acids is 1. The topological polar surface area (TPSA) is 111 Å². The summed E-state index contributed by atoms with van der Waals surface area (Å²) in [6.07, 6.45) is -3.86. The fourth-order valence-electron chi connectivity index (χ4n) is 3.02. The summed E-state index contributed by atoms with van der Waals surface area (Å²) in [6.45, 7) is 4.34. The van der Waals surface area contributed by atoms with Crippen LogP contribution >= 0.6 is 0 Å². The van der Waals surface area contributed by atoms with Crippen LogP contribution in [-0.4, -0.2) is 39.9 Å². The molecule has 2 aromatic carbocycles. The summed E-state index contributed by atoms with van der Waals surface area (Å²) in [7, 11) is -2.62. The number of nitrogens with zero attached hydrogens (tertiary/aromatic N) is 2. The maximum atomic E-state index is 13.7. The van der Waals surface area contributed by atoms with Crippen LogP contribution < -0.4 is 19.6 Å². The highest BCUT2D eigenvalue weighted by Gasteiger charge is 2.46. The van der Waals surface area contributed by atoms with E-state index in [9.17, 15) is 26.4 Å². The number of carbonyl (C=O) groups is 1. The number of methoxy groups -OCH3 is 1. The summed E-state index contributed by atoms with van der Waals surface area (Å²) in [5, 5.41) is 9.04. The Kier molecular flexibility index (Phi) is 7.03. The Bertz CT molecular complexity index is 1250. The van der Waals surface area contributed by atoms with Crippen molar-refractivity contribution in [3.63, 3.8) is 0 Å². The summed E-state index contributed by atoms with van der Waals surface area (Å²) in [5.74, 6) is -0.0771. The zero-order chi connectivity index (χ0) is 25.3. The van der Waals surface area contributed by atoms with Gasteiger partial charge in [0.15, 0.2) is 17.2 Å². The molecule has 12 heteroatoms. The van der Waals surface area contributed by atoms with Gasteiger partial charge in [-0.1, -0.05) is 19.9 Å². The van der Waals surface area contributed by atoms with E-state index in [4.69, 9.17) is 14.6 Å². The molecule has 0 aliphatic carbocycles. The Hall–Kier alpha value is -3.38. The highest BCUT2D eigenvalue weighted by Crippen LogP contribution is 2.34. The third kappa shape index (κ3) is 5.57. The van der Waals surface area contributed by atoms with Gasteiger partial charge in [-0.2, -0.15) is 23.3 Å². The van der Waals surface area contributed by atoms with Crippen LogP contribution in [0.2, 0.25) is 0 Å². The average Bonchev–Trinajstić information content (AvgIpc) is 3.08. The van der Waals surface area contributed by atoms with E-state index in [0.29, 0.717) is 23.1 Å². The van der Waals surface area contributed by atoms with Crippen LogP contribution in [0.5, 0.6) is 11.5 Å². The predicted molar refractivity (Wildman–Crippen MR) is 120 cm³/mol. The lowest BCUT2D eigenvalue weighted by molar-refractivity contribution is -0.114. The van der Waals surface area contributed by atoms with Crippen LogP contribution in [-0.2, 0) is 14.8 Å². The number of hydrazone groups is 1. The average molecular weight is 497 g/mol. The number of nitrogens with two attached hydrogens (primary N) is 1. The van der Waals surface area contributed by atoms with E-state index in [1.165, 1.54) is 19.2 Å². The van der Waals surface area contributed by atoms with E-state index in [0.717, 1.165) is 30.3 Å². The second-order valence-electron chi connectivity index (χ2n) is 7.78. The standard InChI is InChI=1S/C22H22F3N3O5S/c1-13(2)12-33-18-9-4-14(11-19(18)32-3)10-17-20(22(23,24)25)27-28(21(17)29)15-5-7-16(8-6-15)34(26,30)31/h4-11,13H,12H2,1-3H3,(H2,26,30,31). The van der Waals surface area contributed by atoms with Crippen LogP contribution in [0.3, 0.4) is 0 Å². The fraction of sp³-hybridized carbons (Fsp3) is 0.273. The van der Waals surface area contributed by atoms with Gasteiger partial charge in [0.1, 0.15) is 0 Å². The Labute approximate surface area is 194 Å². The van der Waals surface area contributed by atoms with E-state index in [1.807, 2.05) is 13.8 Å². The van der Waals surface area contributed by atoms with Crippen LogP contribution in [0.15, 0.2) is 58.0 Å². The number of hydrogen-bond acceptors (Lipinski definition) is 6. The Morgan fingerprint density at radius 2 is 1.76 bits per heavy atom. The largest absolute Gasteiger partial charge is 0.493 e. The highest BCUT2D eigenvalue weighted by molar-refractivity contribution is 7.89. The molecule has 0 saturated carbocycles. The molecule has 0 unspecified atom stereocenters. The number of sulfonamides is 1. The van der Waals surface area contributed by atoms with Gasteiger partial charge in [-0.15, -0.1) is 0 Å². The minimum Gasteiger partial charge on any atom is -0.493 e. The molecule has 3 rings (SSSR count). The third-order valence-electron chi connectivity index (χ3n) is 4.63. The van der Waals surface area contributed by atoms with Crippen LogP contribution in [0.25, 0.3) is 6.08 Å². The molecule has 0 radical (unpaired) electrons. The molecule has 0 aromatic heterocycles. The molecule has 2 N–H and O–H groups in total. The lowest BCUT2D eigenvalue weighted by Crippen LogP contribution is -2.25. The van der Waals surface area contributed by atoms with Crippen molar-refractivity contribution in [3.05, 3.63) is 53.6 Å². The number of anilines is 1. The summed E-state index contributed by atoms with van der Waals surface area (Å²) >= 11 is 0. The second kappa shape index (κ2) is 9.47. The molecule has 1 aliphatic rings. The number of ether oxygens (including phenoxy) is 2. The molecular weight excluding hydrogens is 475 g/mol. The van der Waals surface area contributed by atoms with E-state index in [1.54, 1.807) is 6.07 Å². The monoisotopic (exact) mass is 497 g/mol. The van der Waals surface area contributed by atoms with Crippen molar-refractivity contribution in [2.75, 3.05) is 18.7 Å². The molecule has 0 spiro atoms. The van der Waals surface area contributed by atoms with Gasteiger partial charge in [0.2, 0.25) is 10.0 Å². The second-order valence-corrected chi connectivity index (χ2v) is 9.34. The van der Waals surface area contributed by atoms with E-state index in [2.05, 4.69) is 5.10 Å². The number of primary sulfonamides is 1. The molecule has 0 saturated heterocycles. The number of rotatable bonds is 7.